The number of ether oxygens (including phenoxy) is 1. The number of aliphatic hydroxyl groups is 1. The fraction of sp³-hybridized carbons (Fsp3) is 0.609. The Labute approximate surface area is 557 Å². The van der Waals surface area contributed by atoms with Gasteiger partial charge >= 0.3 is 17.9 Å². The summed E-state index contributed by atoms with van der Waals surface area (Å²) in [5.41, 5.74) is 3.29. The lowest BCUT2D eigenvalue weighted by Gasteiger charge is -2.33. The molecule has 30 heteroatoms. The number of aliphatic imine (C=N–C) groups is 2. The number of allylic oxidation sites excluding steroid dienone is 1. The number of carboxylic acid groups (broad SMARTS) is 3. The van der Waals surface area contributed by atoms with Gasteiger partial charge in [-0.15, -0.1) is 0 Å². The summed E-state index contributed by atoms with van der Waals surface area (Å²) < 4.78 is 34.4. The predicted octanol–water partition coefficient (Wildman–Crippen LogP) is 2.22. The number of aryl methyl sites for hydroxylation is 2. The minimum Gasteiger partial charge on any atom is -0.494 e. The van der Waals surface area contributed by atoms with E-state index in [1.165, 1.54) is 36.8 Å². The lowest BCUT2D eigenvalue weighted by atomic mass is 9.92. The average molecular weight is 1360 g/mol. The molecule has 0 radical (unpaired) electrons. The molecule has 26 nitrogen and oxygen atoms in total. The summed E-state index contributed by atoms with van der Waals surface area (Å²) in [6, 6.07) is 11.3. The van der Waals surface area contributed by atoms with Gasteiger partial charge in [-0.1, -0.05) is 35.9 Å². The number of rotatable bonds is 36. The zero-order chi connectivity index (χ0) is 68.6. The van der Waals surface area contributed by atoms with Crippen LogP contribution in [0, 0.1) is 12.8 Å². The predicted molar refractivity (Wildman–Crippen MR) is 357 cm³/mol. The number of halogens is 2. The molecular formula is C64H94F2N12O14S2. The number of likely N-dealkylation sites (tertiary alicyclic amines) is 2. The summed E-state index contributed by atoms with van der Waals surface area (Å²) in [7, 11) is 1.44. The smallest absolute Gasteiger partial charge is 0.317 e. The third-order valence-corrected chi connectivity index (χ3v) is 18.3. The maximum atomic E-state index is 14.2. The number of benzene rings is 2. The molecule has 3 atom stereocenters. The quantitative estimate of drug-likeness (QED) is 0.0275. The molecule has 3 saturated heterocycles. The van der Waals surface area contributed by atoms with E-state index in [0.29, 0.717) is 79.9 Å². The Hall–Kier alpha value is -7.09. The van der Waals surface area contributed by atoms with Crippen molar-refractivity contribution < 1.29 is 77.1 Å². The van der Waals surface area contributed by atoms with Crippen molar-refractivity contribution >= 4 is 101 Å². The maximum absolute atomic E-state index is 14.2. The molecule has 2 aromatic rings. The summed E-state index contributed by atoms with van der Waals surface area (Å²) >= 11 is 2.63. The molecular weight excluding hydrogens is 1260 g/mol. The number of nitrogens with zero attached hydrogens (tertiary/aromatic N) is 8. The number of thioether (sulfide) groups is 2. The molecule has 2 aromatic carbocycles. The summed E-state index contributed by atoms with van der Waals surface area (Å²) in [4.78, 5) is 133. The van der Waals surface area contributed by atoms with Crippen LogP contribution in [0.25, 0.3) is 5.57 Å². The summed E-state index contributed by atoms with van der Waals surface area (Å²) in [6.07, 6.45) is 5.75. The number of aliphatic carboxylic acids is 3. The molecule has 6 amide bonds. The number of hydrogen-bond acceptors (Lipinski definition) is 19. The Kier molecular flexibility index (Phi) is 33.9. The van der Waals surface area contributed by atoms with E-state index in [1.54, 1.807) is 55.7 Å². The van der Waals surface area contributed by atoms with E-state index < -0.39 is 85.2 Å². The molecule has 0 spiro atoms. The molecule has 0 saturated carbocycles. The first-order chi connectivity index (χ1) is 44.9. The fourth-order valence-electron chi connectivity index (χ4n) is 11.2. The van der Waals surface area contributed by atoms with Gasteiger partial charge in [0.1, 0.15) is 17.9 Å². The second kappa shape index (κ2) is 41.0. The van der Waals surface area contributed by atoms with Gasteiger partial charge in [0.25, 0.3) is 17.7 Å². The van der Waals surface area contributed by atoms with Crippen molar-refractivity contribution in [2.45, 2.75) is 89.3 Å². The first-order valence-corrected chi connectivity index (χ1v) is 34.1. The number of alkyl halides is 2. The second-order valence-electron chi connectivity index (χ2n) is 23.6. The van der Waals surface area contributed by atoms with Crippen LogP contribution in [0.15, 0.2) is 58.5 Å². The van der Waals surface area contributed by atoms with Crippen molar-refractivity contribution in [3.8, 4) is 5.75 Å². The van der Waals surface area contributed by atoms with Gasteiger partial charge in [-0.25, -0.2) is 8.78 Å². The lowest BCUT2D eigenvalue weighted by molar-refractivity contribution is -0.140. The van der Waals surface area contributed by atoms with Crippen LogP contribution in [-0.4, -0.2) is 295 Å². The maximum Gasteiger partial charge on any atom is 0.317 e. The van der Waals surface area contributed by atoms with Gasteiger partial charge < -0.3 is 56.2 Å². The Morgan fingerprint density at radius 3 is 1.89 bits per heavy atom. The van der Waals surface area contributed by atoms with Crippen LogP contribution < -0.4 is 26.0 Å². The van der Waals surface area contributed by atoms with Gasteiger partial charge in [-0.3, -0.25) is 72.7 Å². The zero-order valence-corrected chi connectivity index (χ0v) is 55.8. The number of piperidine rings is 1. The third-order valence-electron chi connectivity index (χ3n) is 16.2. The van der Waals surface area contributed by atoms with Crippen molar-refractivity contribution in [2.24, 2.45) is 15.9 Å². The van der Waals surface area contributed by atoms with Gasteiger partial charge in [-0.05, 0) is 88.8 Å². The van der Waals surface area contributed by atoms with Crippen LogP contribution in [0.3, 0.4) is 0 Å². The van der Waals surface area contributed by atoms with Crippen molar-refractivity contribution in [1.29, 1.82) is 0 Å². The van der Waals surface area contributed by atoms with E-state index in [2.05, 4.69) is 38.0 Å². The minimum absolute atomic E-state index is 0.0768. The summed E-state index contributed by atoms with van der Waals surface area (Å²) in [5.74, 6) is -7.32. The van der Waals surface area contributed by atoms with Gasteiger partial charge in [0.05, 0.1) is 57.6 Å². The highest BCUT2D eigenvalue weighted by molar-refractivity contribution is 7.99. The van der Waals surface area contributed by atoms with Crippen molar-refractivity contribution in [1.82, 2.24) is 50.7 Å². The molecule has 1 unspecified atom stereocenters. The molecule has 5 rings (SSSR count). The highest BCUT2D eigenvalue weighted by Crippen LogP contribution is 2.33. The highest BCUT2D eigenvalue weighted by Gasteiger charge is 2.46. The van der Waals surface area contributed by atoms with Gasteiger partial charge in [-0.2, -0.15) is 23.5 Å². The third kappa shape index (κ3) is 28.5. The van der Waals surface area contributed by atoms with Crippen LogP contribution in [0.4, 0.5) is 14.5 Å². The minimum atomic E-state index is -3.07. The molecule has 94 heavy (non-hydrogen) atoms. The monoisotopic (exact) mass is 1360 g/mol. The highest BCUT2D eigenvalue weighted by atomic mass is 32.2. The van der Waals surface area contributed by atoms with Gasteiger partial charge in [0, 0.05) is 139 Å². The SMILES string of the molecule is C=Nc1ccc(OCCCC2CCN(C(=O)[C@H](O)CSCCNC(=O)C(CSCCNC(=O)CCCc3ccc(C)cc3)NC(=O)CN3CCN(CC(=O)O)CCN(CC(=O)O)CCN(CC(=O)O)CC3)CC2)cc1/C(=C\C)C(=O)NCC(=O)N1CC(F)(F)C[C@@H]1/C=N/C. The Morgan fingerprint density at radius 2 is 1.33 bits per heavy atom. The van der Waals surface area contributed by atoms with Crippen LogP contribution in [0.5, 0.6) is 5.75 Å². The second-order valence-corrected chi connectivity index (χ2v) is 25.9. The van der Waals surface area contributed by atoms with E-state index >= 15 is 0 Å². The van der Waals surface area contributed by atoms with Gasteiger partial charge in [0.2, 0.25) is 23.6 Å². The van der Waals surface area contributed by atoms with E-state index in [4.69, 9.17) is 4.74 Å². The van der Waals surface area contributed by atoms with E-state index in [-0.39, 0.29) is 114 Å². The van der Waals surface area contributed by atoms with E-state index in [9.17, 15) is 72.4 Å². The molecule has 3 aliphatic heterocycles. The topological polar surface area (TPSA) is 336 Å². The van der Waals surface area contributed by atoms with Crippen molar-refractivity contribution in [3.63, 3.8) is 0 Å². The molecule has 0 aliphatic carbocycles. The normalized spacial score (nSPS) is 18.1. The van der Waals surface area contributed by atoms with Crippen LogP contribution in [-0.2, 0) is 49.6 Å². The molecule has 3 aliphatic rings. The number of amides is 6. The molecule has 3 fully saturated rings. The molecule has 8 N–H and O–H groups in total. The average Bonchev–Trinajstić information content (AvgIpc) is 1.55. The van der Waals surface area contributed by atoms with E-state index in [1.807, 2.05) is 31.2 Å². The van der Waals surface area contributed by atoms with Crippen LogP contribution >= 0.6 is 23.5 Å². The first-order valence-electron chi connectivity index (χ1n) is 31.8. The zero-order valence-electron chi connectivity index (χ0n) is 54.2. The van der Waals surface area contributed by atoms with Crippen molar-refractivity contribution in [3.05, 3.63) is 65.2 Å². The molecule has 0 aromatic heterocycles. The fourth-order valence-corrected chi connectivity index (χ4v) is 12.8. The first kappa shape index (κ1) is 77.6. The Morgan fingerprint density at radius 1 is 0.755 bits per heavy atom. The molecule has 0 bridgehead atoms. The molecule has 3 heterocycles. The summed E-state index contributed by atoms with van der Waals surface area (Å²) in [5, 5.41) is 51.0. The summed E-state index contributed by atoms with van der Waals surface area (Å²) in [6.45, 7) is 8.15. The largest absolute Gasteiger partial charge is 0.494 e. The lowest BCUT2D eigenvalue weighted by Crippen LogP contribution is -2.53. The number of carboxylic acids is 3. The van der Waals surface area contributed by atoms with Crippen LogP contribution in [0.2, 0.25) is 0 Å². The van der Waals surface area contributed by atoms with Crippen LogP contribution in [0.1, 0.15) is 68.6 Å². The Balaban J connectivity index is 1.07. The van der Waals surface area contributed by atoms with E-state index in [0.717, 1.165) is 41.7 Å². The number of hydrogen-bond donors (Lipinski definition) is 8. The number of carbonyl (C=O) groups is 9. The molecule has 520 valence electrons. The number of nitrogens with one attached hydrogen (secondary N) is 4. The number of aliphatic hydroxyl groups excluding tert-OH is 1. The van der Waals surface area contributed by atoms with Gasteiger partial charge in [0.15, 0.2) is 0 Å². The van der Waals surface area contributed by atoms with Crippen molar-refractivity contribution in [2.75, 3.05) is 154 Å². The Bertz CT molecular complexity index is 2870. The number of carbonyl (C=O) groups excluding carboxylic acids is 6. The standard InChI is InChI=1S/C64H94F2N12O14S2/c1-5-50(61(89)71-37-57(82)78-44-64(65,66)35-48(78)36-67-3)51-34-49(15-16-52(51)68-4)92-31-7-9-47-17-21-77(22-18-47)63(91)54(79)43-94-33-20-70-62(90)53(42-93-32-19-69-55(80)10-6-8-46-13-11-45(2)12-14-46)72-56(81)38-73-23-25-74(39-58(83)84)27-29-76(41-60(87)88)30-28-75(26-24-73)40-59(85)86/h5,11-16,34,36,47-48,53-54,79H,4,6-10,17-33,35,37-44H2,1-3H3,(H,69,80)(H,70,90)(H,71,89)(H,72,81)(H,83,84)(H,85,86)(H,87,88)/b50-5+,67-36+/t48-,53?,54-/m1/s1.